The van der Waals surface area contributed by atoms with Gasteiger partial charge in [-0.2, -0.15) is 0 Å². The van der Waals surface area contributed by atoms with E-state index in [9.17, 15) is 14.3 Å². The highest BCUT2D eigenvalue weighted by Crippen LogP contribution is 2.17. The molecule has 0 aliphatic heterocycles. The van der Waals surface area contributed by atoms with E-state index in [-0.39, 0.29) is 24.5 Å². The van der Waals surface area contributed by atoms with E-state index < -0.39 is 11.7 Å². The summed E-state index contributed by atoms with van der Waals surface area (Å²) in [6.07, 6.45) is 0. The van der Waals surface area contributed by atoms with Crippen LogP contribution in [0.5, 0.6) is 11.5 Å². The smallest absolute Gasteiger partial charge is 0.255 e. The van der Waals surface area contributed by atoms with Crippen LogP contribution in [0.1, 0.15) is 10.4 Å². The largest absolute Gasteiger partial charge is 0.507 e. The molecule has 0 spiro atoms. The number of benzene rings is 2. The number of carbonyl (C=O) groups is 1. The van der Waals surface area contributed by atoms with E-state index in [1.54, 1.807) is 24.3 Å². The molecule has 0 radical (unpaired) electrons. The molecule has 0 aliphatic carbocycles. The molecule has 0 fully saturated rings. The van der Waals surface area contributed by atoms with Crippen LogP contribution in [-0.4, -0.2) is 24.2 Å². The normalized spacial score (nSPS) is 10.1. The summed E-state index contributed by atoms with van der Waals surface area (Å²) >= 11 is 0. The summed E-state index contributed by atoms with van der Waals surface area (Å²) in [5, 5.41) is 12.0. The SMILES string of the molecule is Nc1cccc(OCCNC(=O)c2cc(F)ccc2O)c1. The van der Waals surface area contributed by atoms with Crippen molar-refractivity contribution in [2.45, 2.75) is 0 Å². The molecule has 0 aromatic heterocycles. The Balaban J connectivity index is 1.83. The highest BCUT2D eigenvalue weighted by atomic mass is 19.1. The van der Waals surface area contributed by atoms with Crippen LogP contribution in [0.4, 0.5) is 10.1 Å². The van der Waals surface area contributed by atoms with Crippen molar-refractivity contribution in [1.29, 1.82) is 0 Å². The fourth-order valence-corrected chi connectivity index (χ4v) is 1.72. The minimum atomic E-state index is -0.589. The summed E-state index contributed by atoms with van der Waals surface area (Å²) in [5.41, 5.74) is 6.08. The number of nitrogens with two attached hydrogens (primary N) is 1. The van der Waals surface area contributed by atoms with Gasteiger partial charge < -0.3 is 20.9 Å². The summed E-state index contributed by atoms with van der Waals surface area (Å²) < 4.78 is 18.4. The molecule has 2 aromatic rings. The van der Waals surface area contributed by atoms with Crippen LogP contribution in [0.15, 0.2) is 42.5 Å². The third kappa shape index (κ3) is 4.10. The molecule has 0 saturated carbocycles. The van der Waals surface area contributed by atoms with Crippen molar-refractivity contribution in [3.05, 3.63) is 53.8 Å². The number of rotatable bonds is 5. The van der Waals surface area contributed by atoms with Crippen LogP contribution in [0.2, 0.25) is 0 Å². The number of phenolic OH excluding ortho intramolecular Hbond substituents is 1. The topological polar surface area (TPSA) is 84.6 Å². The Kier molecular flexibility index (Phi) is 4.61. The van der Waals surface area contributed by atoms with E-state index in [1.165, 1.54) is 0 Å². The first-order chi connectivity index (χ1) is 10.1. The molecule has 21 heavy (non-hydrogen) atoms. The van der Waals surface area contributed by atoms with Crippen LogP contribution in [-0.2, 0) is 0 Å². The Morgan fingerprint density at radius 2 is 2.10 bits per heavy atom. The maximum absolute atomic E-state index is 13.0. The van der Waals surface area contributed by atoms with E-state index >= 15 is 0 Å². The Morgan fingerprint density at radius 3 is 2.86 bits per heavy atom. The van der Waals surface area contributed by atoms with E-state index in [0.29, 0.717) is 11.4 Å². The number of hydrogen-bond donors (Lipinski definition) is 3. The number of aromatic hydroxyl groups is 1. The van der Waals surface area contributed by atoms with Crippen LogP contribution in [0.25, 0.3) is 0 Å². The molecule has 6 heteroatoms. The second-order valence-electron chi connectivity index (χ2n) is 4.34. The lowest BCUT2D eigenvalue weighted by molar-refractivity contribution is 0.0944. The number of anilines is 1. The molecular weight excluding hydrogens is 275 g/mol. The van der Waals surface area contributed by atoms with Crippen LogP contribution in [0.3, 0.4) is 0 Å². The Morgan fingerprint density at radius 1 is 1.29 bits per heavy atom. The monoisotopic (exact) mass is 290 g/mol. The second-order valence-corrected chi connectivity index (χ2v) is 4.34. The fraction of sp³-hybridized carbons (Fsp3) is 0.133. The molecule has 4 N–H and O–H groups in total. The first kappa shape index (κ1) is 14.6. The van der Waals surface area contributed by atoms with Gasteiger partial charge in [-0.05, 0) is 30.3 Å². The molecule has 2 rings (SSSR count). The first-order valence-electron chi connectivity index (χ1n) is 6.31. The number of carbonyl (C=O) groups excluding carboxylic acids is 1. The van der Waals surface area contributed by atoms with Crippen LogP contribution >= 0.6 is 0 Å². The summed E-state index contributed by atoms with van der Waals surface area (Å²) in [7, 11) is 0. The maximum atomic E-state index is 13.0. The van der Waals surface area contributed by atoms with Crippen molar-refractivity contribution in [2.75, 3.05) is 18.9 Å². The average molecular weight is 290 g/mol. The molecule has 0 heterocycles. The van der Waals surface area contributed by atoms with Gasteiger partial charge in [0.05, 0.1) is 12.1 Å². The fourth-order valence-electron chi connectivity index (χ4n) is 1.72. The Labute approximate surface area is 121 Å². The molecule has 0 saturated heterocycles. The van der Waals surface area contributed by atoms with Gasteiger partial charge in [0.2, 0.25) is 0 Å². The van der Waals surface area contributed by atoms with Crippen molar-refractivity contribution in [2.24, 2.45) is 0 Å². The van der Waals surface area contributed by atoms with E-state index in [0.717, 1.165) is 18.2 Å². The highest BCUT2D eigenvalue weighted by molar-refractivity contribution is 5.96. The van der Waals surface area contributed by atoms with Gasteiger partial charge in [-0.3, -0.25) is 4.79 Å². The number of phenols is 1. The van der Waals surface area contributed by atoms with Gasteiger partial charge in [0.15, 0.2) is 0 Å². The lowest BCUT2D eigenvalue weighted by Crippen LogP contribution is -2.28. The predicted molar refractivity (Wildman–Crippen MR) is 76.7 cm³/mol. The third-order valence-electron chi connectivity index (χ3n) is 2.72. The number of hydrogen-bond acceptors (Lipinski definition) is 4. The van der Waals surface area contributed by atoms with Gasteiger partial charge in [-0.15, -0.1) is 0 Å². The molecule has 0 unspecified atom stereocenters. The van der Waals surface area contributed by atoms with E-state index in [4.69, 9.17) is 10.5 Å². The van der Waals surface area contributed by atoms with Gasteiger partial charge in [-0.25, -0.2) is 4.39 Å². The number of nitrogen functional groups attached to an aromatic ring is 1. The van der Waals surface area contributed by atoms with E-state index in [1.807, 2.05) is 0 Å². The average Bonchev–Trinajstić information content (AvgIpc) is 2.46. The quantitative estimate of drug-likeness (QED) is 0.580. The number of ether oxygens (including phenoxy) is 1. The van der Waals surface area contributed by atoms with Crippen molar-refractivity contribution < 1.29 is 19.0 Å². The maximum Gasteiger partial charge on any atom is 0.255 e. The van der Waals surface area contributed by atoms with Gasteiger partial charge in [0, 0.05) is 11.8 Å². The Bertz CT molecular complexity index is 647. The van der Waals surface area contributed by atoms with Crippen molar-refractivity contribution in [1.82, 2.24) is 5.32 Å². The molecule has 2 aromatic carbocycles. The zero-order chi connectivity index (χ0) is 15.2. The minimum absolute atomic E-state index is 0.112. The third-order valence-corrected chi connectivity index (χ3v) is 2.72. The zero-order valence-electron chi connectivity index (χ0n) is 11.2. The van der Waals surface area contributed by atoms with Gasteiger partial charge >= 0.3 is 0 Å². The molecule has 1 amide bonds. The van der Waals surface area contributed by atoms with Crippen LogP contribution in [0, 0.1) is 5.82 Å². The lowest BCUT2D eigenvalue weighted by atomic mass is 10.2. The predicted octanol–water partition coefficient (Wildman–Crippen LogP) is 1.92. The minimum Gasteiger partial charge on any atom is -0.507 e. The molecule has 110 valence electrons. The second kappa shape index (κ2) is 6.60. The van der Waals surface area contributed by atoms with E-state index in [2.05, 4.69) is 5.32 Å². The number of amides is 1. The number of nitrogens with one attached hydrogen (secondary N) is 1. The summed E-state index contributed by atoms with van der Waals surface area (Å²) in [6.45, 7) is 0.439. The highest BCUT2D eigenvalue weighted by Gasteiger charge is 2.11. The molecule has 0 bridgehead atoms. The summed E-state index contributed by atoms with van der Waals surface area (Å²) in [5.74, 6) is -0.833. The van der Waals surface area contributed by atoms with Crippen molar-refractivity contribution in [3.8, 4) is 11.5 Å². The molecule has 0 atom stereocenters. The summed E-state index contributed by atoms with van der Waals surface area (Å²) in [6, 6.07) is 10.1. The Hall–Kier alpha value is -2.76. The van der Waals surface area contributed by atoms with Gasteiger partial charge in [0.25, 0.3) is 5.91 Å². The molecule has 0 aliphatic rings. The van der Waals surface area contributed by atoms with Crippen molar-refractivity contribution >= 4 is 11.6 Å². The lowest BCUT2D eigenvalue weighted by Gasteiger charge is -2.09. The first-order valence-corrected chi connectivity index (χ1v) is 6.31. The standard InChI is InChI=1S/C15H15FN2O3/c16-10-4-5-14(19)13(8-10)15(20)18-6-7-21-12-3-1-2-11(17)9-12/h1-5,8-9,19H,6-7,17H2,(H,18,20). The van der Waals surface area contributed by atoms with Gasteiger partial charge in [-0.1, -0.05) is 6.07 Å². The van der Waals surface area contributed by atoms with Crippen LogP contribution < -0.4 is 15.8 Å². The molecular formula is C15H15FN2O3. The summed E-state index contributed by atoms with van der Waals surface area (Å²) in [4.78, 5) is 11.8. The zero-order valence-corrected chi connectivity index (χ0v) is 11.2. The molecule has 5 nitrogen and oxygen atoms in total. The van der Waals surface area contributed by atoms with Gasteiger partial charge in [0.1, 0.15) is 23.9 Å². The van der Waals surface area contributed by atoms with Crippen molar-refractivity contribution in [3.63, 3.8) is 0 Å². The number of halogens is 1.